The Balaban J connectivity index is 2.76. The summed E-state index contributed by atoms with van der Waals surface area (Å²) in [5.41, 5.74) is 2.13. The largest absolute Gasteiger partial charge is 0.297 e. The highest BCUT2D eigenvalue weighted by Gasteiger charge is 2.15. The number of nitrogens with zero attached hydrogens (tertiary/aromatic N) is 3. The van der Waals surface area contributed by atoms with Crippen LogP contribution in [0.1, 0.15) is 38.1 Å². The van der Waals surface area contributed by atoms with Crippen molar-refractivity contribution in [3.05, 3.63) is 16.4 Å². The highest BCUT2D eigenvalue weighted by molar-refractivity contribution is 9.09. The lowest BCUT2D eigenvalue weighted by Gasteiger charge is -2.21. The second-order valence-electron chi connectivity index (χ2n) is 4.50. The highest BCUT2D eigenvalue weighted by Crippen LogP contribution is 2.22. The van der Waals surface area contributed by atoms with Gasteiger partial charge in [-0.2, -0.15) is 5.10 Å². The Hall–Kier alpha value is -0.0600. The van der Waals surface area contributed by atoms with Crippen LogP contribution in [0.2, 0.25) is 5.02 Å². The molecular formula is C13H23BrClN3. The van der Waals surface area contributed by atoms with E-state index in [1.165, 1.54) is 12.8 Å². The number of hydrogen-bond donors (Lipinski definition) is 0. The molecule has 1 aromatic heterocycles. The second kappa shape index (κ2) is 8.18. The molecule has 3 nitrogen and oxygen atoms in total. The number of unbranched alkanes of at least 4 members (excludes halogenated alkanes) is 1. The summed E-state index contributed by atoms with van der Waals surface area (Å²) in [5, 5.41) is 6.30. The van der Waals surface area contributed by atoms with Crippen LogP contribution in [0.4, 0.5) is 0 Å². The summed E-state index contributed by atoms with van der Waals surface area (Å²) < 4.78 is 1.92. The predicted octanol–water partition coefficient (Wildman–Crippen LogP) is 3.63. The average molecular weight is 337 g/mol. The second-order valence-corrected chi connectivity index (χ2v) is 5.67. The van der Waals surface area contributed by atoms with Gasteiger partial charge in [-0.05, 0) is 19.4 Å². The zero-order chi connectivity index (χ0) is 13.5. The molecule has 18 heavy (non-hydrogen) atoms. The molecule has 0 aliphatic heterocycles. The van der Waals surface area contributed by atoms with Gasteiger partial charge >= 0.3 is 0 Å². The van der Waals surface area contributed by atoms with Crippen LogP contribution in [-0.2, 0) is 20.0 Å². The van der Waals surface area contributed by atoms with Crippen LogP contribution < -0.4 is 0 Å². The molecule has 0 spiro atoms. The van der Waals surface area contributed by atoms with Crippen molar-refractivity contribution >= 4 is 27.5 Å². The van der Waals surface area contributed by atoms with Crippen molar-refractivity contribution in [2.75, 3.05) is 18.4 Å². The maximum absolute atomic E-state index is 6.39. The van der Waals surface area contributed by atoms with Gasteiger partial charge in [0.25, 0.3) is 0 Å². The van der Waals surface area contributed by atoms with Gasteiger partial charge < -0.3 is 0 Å². The lowest BCUT2D eigenvalue weighted by atomic mass is 10.2. The number of rotatable bonds is 8. The molecule has 0 amide bonds. The van der Waals surface area contributed by atoms with E-state index in [-0.39, 0.29) is 0 Å². The number of halogens is 2. The topological polar surface area (TPSA) is 21.1 Å². The summed E-state index contributed by atoms with van der Waals surface area (Å²) in [6, 6.07) is 0. The van der Waals surface area contributed by atoms with Gasteiger partial charge in [0.1, 0.15) is 0 Å². The quantitative estimate of drug-likeness (QED) is 0.676. The lowest BCUT2D eigenvalue weighted by molar-refractivity contribution is 0.271. The van der Waals surface area contributed by atoms with Crippen molar-refractivity contribution in [1.82, 2.24) is 14.7 Å². The van der Waals surface area contributed by atoms with E-state index in [9.17, 15) is 0 Å². The molecule has 0 radical (unpaired) electrons. The fourth-order valence-electron chi connectivity index (χ4n) is 1.97. The van der Waals surface area contributed by atoms with Gasteiger partial charge in [-0.25, -0.2) is 0 Å². The van der Waals surface area contributed by atoms with Gasteiger partial charge in [-0.3, -0.25) is 9.58 Å². The normalized spacial score (nSPS) is 11.4. The van der Waals surface area contributed by atoms with Crippen molar-refractivity contribution < 1.29 is 0 Å². The average Bonchev–Trinajstić information content (AvgIpc) is 2.63. The first kappa shape index (κ1) is 16.0. The SMILES string of the molecule is CCCCN(CCBr)Cc1c(Cl)c(CC)nn1C. The van der Waals surface area contributed by atoms with Crippen molar-refractivity contribution in [2.45, 2.75) is 39.7 Å². The van der Waals surface area contributed by atoms with Crippen molar-refractivity contribution in [2.24, 2.45) is 7.05 Å². The lowest BCUT2D eigenvalue weighted by Crippen LogP contribution is -2.27. The Morgan fingerprint density at radius 2 is 2.06 bits per heavy atom. The molecule has 0 unspecified atom stereocenters. The van der Waals surface area contributed by atoms with Gasteiger partial charge in [0.2, 0.25) is 0 Å². The summed E-state index contributed by atoms with van der Waals surface area (Å²) in [7, 11) is 1.98. The van der Waals surface area contributed by atoms with Crippen LogP contribution >= 0.6 is 27.5 Å². The van der Waals surface area contributed by atoms with Gasteiger partial charge in [-0.15, -0.1) is 0 Å². The smallest absolute Gasteiger partial charge is 0.0863 e. The zero-order valence-electron chi connectivity index (χ0n) is 11.5. The molecule has 0 aliphatic rings. The molecule has 0 bridgehead atoms. The Bertz CT molecular complexity index is 365. The maximum Gasteiger partial charge on any atom is 0.0863 e. The van der Waals surface area contributed by atoms with E-state index in [0.29, 0.717) is 0 Å². The Kier molecular flexibility index (Phi) is 7.27. The Morgan fingerprint density at radius 3 is 2.56 bits per heavy atom. The third kappa shape index (κ3) is 4.25. The van der Waals surface area contributed by atoms with Crippen LogP contribution in [-0.4, -0.2) is 33.1 Å². The minimum atomic E-state index is 0.844. The standard InChI is InChI=1S/C13H23BrClN3/c1-4-6-8-18(9-7-14)10-12-13(15)11(5-2)16-17(12)3/h4-10H2,1-3H3. The predicted molar refractivity (Wildman–Crippen MR) is 81.6 cm³/mol. The minimum Gasteiger partial charge on any atom is -0.297 e. The van der Waals surface area contributed by atoms with E-state index in [2.05, 4.69) is 39.8 Å². The summed E-state index contributed by atoms with van der Waals surface area (Å²) in [5.74, 6) is 0. The van der Waals surface area contributed by atoms with Crippen molar-refractivity contribution in [1.29, 1.82) is 0 Å². The molecule has 0 aliphatic carbocycles. The molecule has 0 saturated heterocycles. The molecule has 5 heteroatoms. The molecule has 0 fully saturated rings. The third-order valence-corrected chi connectivity index (χ3v) is 3.90. The molecule has 1 heterocycles. The molecule has 0 N–H and O–H groups in total. The van der Waals surface area contributed by atoms with Gasteiger partial charge in [0, 0.05) is 25.5 Å². The summed E-state index contributed by atoms with van der Waals surface area (Å²) in [4.78, 5) is 2.43. The number of aryl methyl sites for hydroxylation is 2. The van der Waals surface area contributed by atoms with E-state index in [1.54, 1.807) is 0 Å². The fourth-order valence-corrected chi connectivity index (χ4v) is 2.83. The van der Waals surface area contributed by atoms with E-state index in [0.717, 1.165) is 47.8 Å². The molecule has 0 saturated carbocycles. The fraction of sp³-hybridized carbons (Fsp3) is 0.769. The van der Waals surface area contributed by atoms with Gasteiger partial charge in [0.05, 0.1) is 16.4 Å². The van der Waals surface area contributed by atoms with Gasteiger partial charge in [-0.1, -0.05) is 47.8 Å². The molecule has 0 aromatic carbocycles. The zero-order valence-corrected chi connectivity index (χ0v) is 13.9. The monoisotopic (exact) mass is 335 g/mol. The first-order valence-electron chi connectivity index (χ1n) is 6.62. The van der Waals surface area contributed by atoms with E-state index in [1.807, 2.05) is 11.7 Å². The van der Waals surface area contributed by atoms with Crippen LogP contribution in [0.3, 0.4) is 0 Å². The van der Waals surface area contributed by atoms with Crippen molar-refractivity contribution in [3.8, 4) is 0 Å². The van der Waals surface area contributed by atoms with Crippen LogP contribution in [0.15, 0.2) is 0 Å². The molecule has 1 aromatic rings. The Labute approximate surface area is 124 Å². The summed E-state index contributed by atoms with van der Waals surface area (Å²) in [6.45, 7) is 7.35. The number of hydrogen-bond acceptors (Lipinski definition) is 2. The van der Waals surface area contributed by atoms with Crippen LogP contribution in [0.25, 0.3) is 0 Å². The number of alkyl halides is 1. The highest BCUT2D eigenvalue weighted by atomic mass is 79.9. The molecule has 0 atom stereocenters. The molecule has 1 rings (SSSR count). The number of aromatic nitrogens is 2. The first-order valence-corrected chi connectivity index (χ1v) is 8.12. The third-order valence-electron chi connectivity index (χ3n) is 3.10. The van der Waals surface area contributed by atoms with Crippen LogP contribution in [0, 0.1) is 0 Å². The molecular weight excluding hydrogens is 314 g/mol. The van der Waals surface area contributed by atoms with E-state index < -0.39 is 0 Å². The summed E-state index contributed by atoms with van der Waals surface area (Å²) >= 11 is 9.90. The summed E-state index contributed by atoms with van der Waals surface area (Å²) in [6.07, 6.45) is 3.33. The molecule has 104 valence electrons. The Morgan fingerprint density at radius 1 is 1.33 bits per heavy atom. The van der Waals surface area contributed by atoms with Crippen molar-refractivity contribution in [3.63, 3.8) is 0 Å². The minimum absolute atomic E-state index is 0.844. The van der Waals surface area contributed by atoms with Gasteiger partial charge in [0.15, 0.2) is 0 Å². The van der Waals surface area contributed by atoms with E-state index >= 15 is 0 Å². The van der Waals surface area contributed by atoms with Crippen LogP contribution in [0.5, 0.6) is 0 Å². The maximum atomic E-state index is 6.39. The first-order chi connectivity index (χ1) is 8.63. The van der Waals surface area contributed by atoms with E-state index in [4.69, 9.17) is 11.6 Å².